The van der Waals surface area contributed by atoms with Crippen LogP contribution < -0.4 is 15.9 Å². The van der Waals surface area contributed by atoms with E-state index in [-0.39, 0.29) is 5.75 Å². The second-order valence-electron chi connectivity index (χ2n) is 8.52. The summed E-state index contributed by atoms with van der Waals surface area (Å²) in [5.41, 5.74) is -5.51. The Bertz CT molecular complexity index is 1450. The van der Waals surface area contributed by atoms with Gasteiger partial charge in [-0.1, -0.05) is 25.1 Å². The van der Waals surface area contributed by atoms with Gasteiger partial charge in [-0.2, -0.15) is 4.98 Å². The molecule has 6 atom stereocenters. The highest BCUT2D eigenvalue weighted by Gasteiger charge is 2.58. The van der Waals surface area contributed by atoms with E-state index in [2.05, 4.69) is 4.98 Å². The first-order chi connectivity index (χ1) is 18.6. The molecule has 38 heavy (non-hydrogen) atoms. The molecule has 3 rings (SSSR count). The van der Waals surface area contributed by atoms with E-state index in [1.54, 1.807) is 30.3 Å². The third kappa shape index (κ3) is 6.89. The molecule has 2 aromatic rings. The van der Waals surface area contributed by atoms with Crippen molar-refractivity contribution in [2.45, 2.75) is 51.0 Å². The first-order valence-electron chi connectivity index (χ1n) is 12.2. The van der Waals surface area contributed by atoms with Gasteiger partial charge in [0.2, 0.25) is 5.67 Å². The molecule has 2 heterocycles. The molecule has 0 saturated carbocycles. The standard InChI is InChI=1S/C23H26ClFN3O9P/c1-14(2)35-19(30)15(3)12-38(33,37-16-7-5-4-6-8-16)34-11-17-18(29)23(25,9-10-24)20(36-17)28-13-26-21(31)27-22(28)32/h4-8,13-15,17-18,20,29H,11-12H2,1-3H3,(H,27,31,32)/t15-,17-,18+,20-,23?,38+/m1/s1/i11D2. The molecule has 1 unspecified atom stereocenters. The van der Waals surface area contributed by atoms with E-state index in [4.69, 9.17) is 32.9 Å². The topological polar surface area (TPSA) is 159 Å². The fraction of sp³-hybridized carbons (Fsp3) is 0.478. The smallest absolute Gasteiger partial charge is 0.380 e. The van der Waals surface area contributed by atoms with Crippen molar-refractivity contribution in [2.75, 3.05) is 12.7 Å². The minimum atomic E-state index is -4.64. The van der Waals surface area contributed by atoms with E-state index in [9.17, 15) is 24.1 Å². The summed E-state index contributed by atoms with van der Waals surface area (Å²) >= 11 is 5.37. The van der Waals surface area contributed by atoms with Crippen LogP contribution in [0.5, 0.6) is 5.75 Å². The lowest BCUT2D eigenvalue weighted by Gasteiger charge is -2.24. The molecule has 0 spiro atoms. The molecule has 1 fully saturated rings. The van der Waals surface area contributed by atoms with Crippen LogP contribution in [0.15, 0.2) is 46.2 Å². The van der Waals surface area contributed by atoms with Crippen LogP contribution in [-0.2, 0) is 23.4 Å². The van der Waals surface area contributed by atoms with Gasteiger partial charge in [0.1, 0.15) is 24.3 Å². The van der Waals surface area contributed by atoms with Gasteiger partial charge in [0.05, 0.1) is 27.5 Å². The van der Waals surface area contributed by atoms with Crippen LogP contribution in [0.4, 0.5) is 4.39 Å². The Labute approximate surface area is 224 Å². The minimum absolute atomic E-state index is 0.00413. The summed E-state index contributed by atoms with van der Waals surface area (Å²) < 4.78 is 68.6. The van der Waals surface area contributed by atoms with Crippen LogP contribution in [0.25, 0.3) is 0 Å². The molecule has 1 aliphatic rings. The highest BCUT2D eigenvalue weighted by atomic mass is 35.5. The molecule has 2 N–H and O–H groups in total. The normalized spacial score (nSPS) is 26.3. The van der Waals surface area contributed by atoms with E-state index in [1.807, 2.05) is 5.92 Å². The maximum Gasteiger partial charge on any atom is 0.380 e. The Balaban J connectivity index is 1.99. The third-order valence-corrected chi connectivity index (χ3v) is 7.10. The van der Waals surface area contributed by atoms with Gasteiger partial charge in [-0.15, -0.1) is 0 Å². The Morgan fingerprint density at radius 1 is 1.39 bits per heavy atom. The number of ether oxygens (including phenoxy) is 2. The van der Waals surface area contributed by atoms with Crippen LogP contribution in [0.1, 0.15) is 29.7 Å². The number of aromatic nitrogens is 3. The first-order valence-corrected chi connectivity index (χ1v) is 13.3. The number of nitrogens with zero attached hydrogens (tertiary/aromatic N) is 2. The van der Waals surface area contributed by atoms with Crippen molar-refractivity contribution in [1.29, 1.82) is 0 Å². The Hall–Kier alpha value is -3.01. The fourth-order valence-corrected chi connectivity index (χ4v) is 5.25. The largest absolute Gasteiger partial charge is 0.463 e. The van der Waals surface area contributed by atoms with Crippen LogP contribution in [-0.4, -0.2) is 62.3 Å². The monoisotopic (exact) mass is 575 g/mol. The summed E-state index contributed by atoms with van der Waals surface area (Å²) in [5.74, 6) is -0.0362. The number of benzene rings is 1. The lowest BCUT2D eigenvalue weighted by molar-refractivity contribution is -0.151. The van der Waals surface area contributed by atoms with Crippen molar-refractivity contribution in [1.82, 2.24) is 14.5 Å². The van der Waals surface area contributed by atoms with Crippen molar-refractivity contribution >= 4 is 25.2 Å². The highest BCUT2D eigenvalue weighted by Crippen LogP contribution is 2.51. The summed E-state index contributed by atoms with van der Waals surface area (Å²) in [5, 5.41) is 12.5. The Morgan fingerprint density at radius 3 is 2.68 bits per heavy atom. The highest BCUT2D eigenvalue weighted by molar-refractivity contribution is 7.54. The second-order valence-corrected chi connectivity index (χ2v) is 10.7. The van der Waals surface area contributed by atoms with Gasteiger partial charge in [0, 0.05) is 5.38 Å². The summed E-state index contributed by atoms with van der Waals surface area (Å²) in [6.45, 7) is 1.28. The average molecular weight is 576 g/mol. The van der Waals surface area contributed by atoms with E-state index in [1.165, 1.54) is 31.2 Å². The quantitative estimate of drug-likeness (QED) is 0.244. The predicted octanol–water partition coefficient (Wildman–Crippen LogP) is 1.97. The number of carbonyl (C=O) groups is 1. The number of alkyl halides is 1. The molecule has 0 radical (unpaired) electrons. The molecule has 0 bridgehead atoms. The number of nitrogens with one attached hydrogen (secondary N) is 1. The summed E-state index contributed by atoms with van der Waals surface area (Å²) in [6.07, 6.45) is -7.51. The van der Waals surface area contributed by atoms with Crippen LogP contribution >= 0.6 is 19.2 Å². The van der Waals surface area contributed by atoms with Gasteiger partial charge in [0.15, 0.2) is 6.23 Å². The molecular formula is C23H26ClFN3O9P. The number of aliphatic hydroxyl groups is 1. The number of hydrogen-bond acceptors (Lipinski definition) is 10. The van der Waals surface area contributed by atoms with Crippen molar-refractivity contribution in [3.8, 4) is 17.0 Å². The van der Waals surface area contributed by atoms with Crippen molar-refractivity contribution in [2.24, 2.45) is 5.92 Å². The second kappa shape index (κ2) is 12.2. The number of hydrogen-bond donors (Lipinski definition) is 2. The van der Waals surface area contributed by atoms with Crippen molar-refractivity contribution in [3.63, 3.8) is 0 Å². The molecule has 1 aromatic heterocycles. The van der Waals surface area contributed by atoms with Gasteiger partial charge in [0.25, 0.3) is 0 Å². The average Bonchev–Trinajstić information content (AvgIpc) is 3.10. The number of carbonyl (C=O) groups excluding carboxylic acids is 1. The van der Waals surface area contributed by atoms with Gasteiger partial charge in [-0.25, -0.2) is 18.5 Å². The Kier molecular flexibility index (Phi) is 8.56. The molecule has 1 aliphatic heterocycles. The SMILES string of the molecule is [2H]C([2H])(O[P@@](=O)(C[C@@H](C)C(=O)OC(C)C)Oc1ccccc1)[C@H]1O[C@@H](n2cnc(=O)[nH]c2=O)C(F)(C#CCl)[C@H]1O. The first kappa shape index (κ1) is 26.6. The lowest BCUT2D eigenvalue weighted by Crippen LogP contribution is -2.45. The van der Waals surface area contributed by atoms with Crippen molar-refractivity contribution in [3.05, 3.63) is 57.6 Å². The molecule has 15 heteroatoms. The van der Waals surface area contributed by atoms with E-state index in [0.29, 0.717) is 10.9 Å². The number of halogens is 2. The van der Waals surface area contributed by atoms with E-state index < -0.39 is 73.8 Å². The maximum atomic E-state index is 16.0. The molecular weight excluding hydrogens is 548 g/mol. The summed E-state index contributed by atoms with van der Waals surface area (Å²) in [4.78, 5) is 41.2. The van der Waals surface area contributed by atoms with Crippen LogP contribution in [0.2, 0.25) is 0 Å². The predicted molar refractivity (Wildman–Crippen MR) is 132 cm³/mol. The molecule has 0 aliphatic carbocycles. The number of H-pyrrole nitrogens is 1. The number of para-hydroxylation sites is 1. The van der Waals surface area contributed by atoms with Crippen LogP contribution in [0, 0.1) is 17.2 Å². The summed E-state index contributed by atoms with van der Waals surface area (Å²) in [6, 6.07) is 7.51. The maximum absolute atomic E-state index is 16.0. The minimum Gasteiger partial charge on any atom is -0.463 e. The van der Waals surface area contributed by atoms with E-state index in [0.717, 1.165) is 0 Å². The number of aliphatic hydroxyl groups excluding tert-OH is 1. The zero-order valence-electron chi connectivity index (χ0n) is 22.4. The lowest BCUT2D eigenvalue weighted by atomic mass is 9.97. The van der Waals surface area contributed by atoms with Crippen LogP contribution in [0.3, 0.4) is 0 Å². The summed E-state index contributed by atoms with van der Waals surface area (Å²) in [7, 11) is -4.64. The molecule has 1 saturated heterocycles. The zero-order chi connectivity index (χ0) is 29.9. The Morgan fingerprint density at radius 2 is 2.08 bits per heavy atom. The fourth-order valence-electron chi connectivity index (χ4n) is 3.40. The number of rotatable bonds is 10. The number of esters is 1. The van der Waals surface area contributed by atoms with Gasteiger partial charge in [-0.05, 0) is 43.5 Å². The molecule has 1 aromatic carbocycles. The molecule has 0 amide bonds. The zero-order valence-corrected chi connectivity index (χ0v) is 22.0. The third-order valence-electron chi connectivity index (χ3n) is 5.14. The van der Waals surface area contributed by atoms with Gasteiger partial charge < -0.3 is 19.1 Å². The molecule has 206 valence electrons. The van der Waals surface area contributed by atoms with Gasteiger partial charge in [-0.3, -0.25) is 18.9 Å². The van der Waals surface area contributed by atoms with Gasteiger partial charge >= 0.3 is 24.9 Å². The number of aromatic amines is 1. The molecule has 12 nitrogen and oxygen atoms in total. The van der Waals surface area contributed by atoms with Crippen molar-refractivity contribution < 1.29 is 40.1 Å². The van der Waals surface area contributed by atoms with E-state index >= 15 is 4.39 Å².